The van der Waals surface area contributed by atoms with E-state index in [2.05, 4.69) is 5.32 Å². The first-order valence-electron chi connectivity index (χ1n) is 7.63. The van der Waals surface area contributed by atoms with Crippen LogP contribution in [-0.2, 0) is 4.79 Å². The summed E-state index contributed by atoms with van der Waals surface area (Å²) in [4.78, 5) is 13.7. The van der Waals surface area contributed by atoms with E-state index in [1.54, 1.807) is 14.2 Å². The van der Waals surface area contributed by atoms with Crippen molar-refractivity contribution in [3.63, 3.8) is 0 Å². The van der Waals surface area contributed by atoms with E-state index in [-0.39, 0.29) is 30.7 Å². The van der Waals surface area contributed by atoms with Crippen molar-refractivity contribution in [1.82, 2.24) is 4.90 Å². The van der Waals surface area contributed by atoms with Crippen molar-refractivity contribution >= 4 is 36.4 Å². The Bertz CT molecular complexity index is 487. The highest BCUT2D eigenvalue weighted by molar-refractivity contribution is 5.85. The Kier molecular flexibility index (Phi) is 10.6. The minimum absolute atomic E-state index is 0. The fourth-order valence-electron chi connectivity index (χ4n) is 2.68. The summed E-state index contributed by atoms with van der Waals surface area (Å²) in [6.45, 7) is 1.97. The molecule has 3 N–H and O–H groups in total. The number of halogens is 2. The lowest BCUT2D eigenvalue weighted by molar-refractivity contribution is -0.131. The van der Waals surface area contributed by atoms with Crippen molar-refractivity contribution in [3.05, 3.63) is 18.2 Å². The topological polar surface area (TPSA) is 76.8 Å². The van der Waals surface area contributed by atoms with Gasteiger partial charge >= 0.3 is 0 Å². The highest BCUT2D eigenvalue weighted by Crippen LogP contribution is 2.27. The average Bonchev–Trinajstić information content (AvgIpc) is 2.55. The van der Waals surface area contributed by atoms with E-state index >= 15 is 0 Å². The molecule has 2 rings (SSSR count). The van der Waals surface area contributed by atoms with E-state index in [9.17, 15) is 4.79 Å². The Morgan fingerprint density at radius 2 is 1.71 bits per heavy atom. The highest BCUT2D eigenvalue weighted by Gasteiger charge is 2.22. The monoisotopic (exact) mass is 379 g/mol. The van der Waals surface area contributed by atoms with Gasteiger partial charge in [-0.25, -0.2) is 0 Å². The van der Waals surface area contributed by atoms with Gasteiger partial charge in [0.1, 0.15) is 11.5 Å². The molecule has 24 heavy (non-hydrogen) atoms. The van der Waals surface area contributed by atoms with Crippen molar-refractivity contribution in [2.24, 2.45) is 5.73 Å². The molecule has 0 aromatic heterocycles. The second-order valence-electron chi connectivity index (χ2n) is 5.44. The van der Waals surface area contributed by atoms with Gasteiger partial charge in [-0.2, -0.15) is 0 Å². The van der Waals surface area contributed by atoms with Crippen molar-refractivity contribution in [2.45, 2.75) is 25.3 Å². The third-order valence-corrected chi connectivity index (χ3v) is 3.93. The number of nitrogens with two attached hydrogens (primary N) is 1. The zero-order valence-corrected chi connectivity index (χ0v) is 15.8. The molecular weight excluding hydrogens is 353 g/mol. The summed E-state index contributed by atoms with van der Waals surface area (Å²) in [5.74, 6) is 1.68. The minimum Gasteiger partial charge on any atom is -0.497 e. The largest absolute Gasteiger partial charge is 0.497 e. The van der Waals surface area contributed by atoms with Gasteiger partial charge in [0.25, 0.3) is 0 Å². The quantitative estimate of drug-likeness (QED) is 0.792. The Hall–Kier alpha value is -1.37. The molecule has 1 saturated heterocycles. The van der Waals surface area contributed by atoms with Gasteiger partial charge in [-0.1, -0.05) is 0 Å². The normalized spacial score (nSPS) is 14.2. The van der Waals surface area contributed by atoms with Crippen molar-refractivity contribution < 1.29 is 14.3 Å². The summed E-state index contributed by atoms with van der Waals surface area (Å²) in [5.41, 5.74) is 6.41. The van der Waals surface area contributed by atoms with E-state index in [1.807, 2.05) is 23.1 Å². The van der Waals surface area contributed by atoms with Gasteiger partial charge in [-0.15, -0.1) is 24.8 Å². The second kappa shape index (κ2) is 11.2. The molecule has 0 aliphatic carbocycles. The summed E-state index contributed by atoms with van der Waals surface area (Å²) in [6.07, 6.45) is 2.29. The summed E-state index contributed by atoms with van der Waals surface area (Å²) >= 11 is 0. The van der Waals surface area contributed by atoms with Crippen LogP contribution in [0.15, 0.2) is 18.2 Å². The van der Waals surface area contributed by atoms with Gasteiger partial charge < -0.3 is 25.4 Å². The fraction of sp³-hybridized carbons (Fsp3) is 0.562. The molecule has 0 atom stereocenters. The van der Waals surface area contributed by atoms with Crippen LogP contribution in [0.1, 0.15) is 19.3 Å². The third-order valence-electron chi connectivity index (χ3n) is 3.93. The molecule has 0 radical (unpaired) electrons. The maximum Gasteiger partial charge on any atom is 0.223 e. The molecular formula is C16H27Cl2N3O3. The molecule has 1 aromatic carbocycles. The molecule has 1 heterocycles. The number of amides is 1. The number of rotatable bonds is 6. The third kappa shape index (κ3) is 6.26. The van der Waals surface area contributed by atoms with Crippen LogP contribution in [0.2, 0.25) is 0 Å². The van der Waals surface area contributed by atoms with Crippen LogP contribution < -0.4 is 20.5 Å². The average molecular weight is 380 g/mol. The molecule has 1 aromatic rings. The van der Waals surface area contributed by atoms with Gasteiger partial charge in [0.05, 0.1) is 14.2 Å². The van der Waals surface area contributed by atoms with E-state index in [0.29, 0.717) is 19.0 Å². The number of nitrogens with zero attached hydrogens (tertiary/aromatic N) is 1. The zero-order valence-electron chi connectivity index (χ0n) is 14.1. The van der Waals surface area contributed by atoms with Crippen molar-refractivity contribution in [3.8, 4) is 11.5 Å². The molecule has 138 valence electrons. The van der Waals surface area contributed by atoms with Crippen molar-refractivity contribution in [1.29, 1.82) is 0 Å². The van der Waals surface area contributed by atoms with Crippen LogP contribution in [0.25, 0.3) is 0 Å². The number of ether oxygens (including phenoxy) is 2. The number of carbonyl (C=O) groups is 1. The molecule has 1 fully saturated rings. The standard InChI is InChI=1S/C16H25N3O3.2ClH/c1-21-14-9-13(10-15(11-14)22-2)18-12-4-7-19(8-5-12)16(20)3-6-17;;/h9-12,18H,3-8,17H2,1-2H3;2*1H. The Balaban J connectivity index is 0.00000264. The number of hydrogen-bond acceptors (Lipinski definition) is 5. The van der Waals surface area contributed by atoms with E-state index < -0.39 is 0 Å². The number of carbonyl (C=O) groups excluding carboxylic acids is 1. The summed E-state index contributed by atoms with van der Waals surface area (Å²) < 4.78 is 10.6. The number of likely N-dealkylation sites (tertiary alicyclic amines) is 1. The van der Waals surface area contributed by atoms with Gasteiger partial charge in [0, 0.05) is 56.0 Å². The first-order chi connectivity index (χ1) is 10.7. The number of hydrogen-bond donors (Lipinski definition) is 2. The predicted molar refractivity (Wildman–Crippen MR) is 101 cm³/mol. The zero-order chi connectivity index (χ0) is 15.9. The van der Waals surface area contributed by atoms with Crippen LogP contribution in [-0.4, -0.2) is 50.7 Å². The van der Waals surface area contributed by atoms with Gasteiger partial charge in [0.15, 0.2) is 0 Å². The highest BCUT2D eigenvalue weighted by atomic mass is 35.5. The fourth-order valence-corrected chi connectivity index (χ4v) is 2.68. The Labute approximate surface area is 155 Å². The van der Waals surface area contributed by atoms with E-state index in [1.165, 1.54) is 0 Å². The number of methoxy groups -OCH3 is 2. The molecule has 0 unspecified atom stereocenters. The molecule has 6 nitrogen and oxygen atoms in total. The van der Waals surface area contributed by atoms with Gasteiger partial charge in [-0.3, -0.25) is 4.79 Å². The first kappa shape index (κ1) is 22.6. The van der Waals surface area contributed by atoms with E-state index in [0.717, 1.165) is 43.1 Å². The molecule has 1 aliphatic rings. The molecule has 0 saturated carbocycles. The maximum atomic E-state index is 11.8. The number of benzene rings is 1. The first-order valence-corrected chi connectivity index (χ1v) is 7.63. The van der Waals surface area contributed by atoms with Crippen molar-refractivity contribution in [2.75, 3.05) is 39.2 Å². The van der Waals surface area contributed by atoms with E-state index in [4.69, 9.17) is 15.2 Å². The van der Waals surface area contributed by atoms with Crippen LogP contribution in [0.3, 0.4) is 0 Å². The lowest BCUT2D eigenvalue weighted by Gasteiger charge is -2.33. The Morgan fingerprint density at radius 3 is 2.17 bits per heavy atom. The smallest absolute Gasteiger partial charge is 0.223 e. The molecule has 0 bridgehead atoms. The number of piperidine rings is 1. The summed E-state index contributed by atoms with van der Waals surface area (Å²) in [7, 11) is 3.28. The van der Waals surface area contributed by atoms with Gasteiger partial charge in [0.2, 0.25) is 5.91 Å². The van der Waals surface area contributed by atoms with Gasteiger partial charge in [-0.05, 0) is 12.8 Å². The molecule has 1 amide bonds. The lowest BCUT2D eigenvalue weighted by atomic mass is 10.0. The Morgan fingerprint density at radius 1 is 1.17 bits per heavy atom. The molecule has 1 aliphatic heterocycles. The second-order valence-corrected chi connectivity index (χ2v) is 5.44. The molecule has 8 heteroatoms. The van der Waals surface area contributed by atoms with Crippen LogP contribution in [0, 0.1) is 0 Å². The SMILES string of the molecule is COc1cc(NC2CCN(C(=O)CCN)CC2)cc(OC)c1.Cl.Cl. The maximum absolute atomic E-state index is 11.8. The predicted octanol–water partition coefficient (Wildman–Crippen LogP) is 2.30. The molecule has 0 spiro atoms. The van der Waals surface area contributed by atoms with Crippen LogP contribution in [0.4, 0.5) is 5.69 Å². The van der Waals surface area contributed by atoms with Crippen LogP contribution in [0.5, 0.6) is 11.5 Å². The lowest BCUT2D eigenvalue weighted by Crippen LogP contribution is -2.42. The minimum atomic E-state index is 0. The number of nitrogens with one attached hydrogen (secondary N) is 1. The summed E-state index contributed by atoms with van der Waals surface area (Å²) in [5, 5.41) is 3.50. The van der Waals surface area contributed by atoms with Crippen LogP contribution >= 0.6 is 24.8 Å². The summed E-state index contributed by atoms with van der Waals surface area (Å²) in [6, 6.07) is 6.10. The number of anilines is 1.